The third-order valence-electron chi connectivity index (χ3n) is 2.68. The molecule has 100 valence electrons. The Kier molecular flexibility index (Phi) is 4.89. The minimum atomic E-state index is -0.371. The highest BCUT2D eigenvalue weighted by molar-refractivity contribution is 5.29. The largest absolute Gasteiger partial charge is 0.494 e. The van der Waals surface area contributed by atoms with Crippen LogP contribution in [0.5, 0.6) is 5.75 Å². The number of nitrogens with one attached hydrogen (secondary N) is 1. The summed E-state index contributed by atoms with van der Waals surface area (Å²) in [6, 6.07) is 14.7. The molecule has 0 saturated carbocycles. The maximum Gasteiger partial charge on any atom is 0.165 e. The first-order chi connectivity index (χ1) is 9.29. The van der Waals surface area contributed by atoms with Crippen molar-refractivity contribution in [3.8, 4) is 5.75 Å². The Labute approximate surface area is 111 Å². The second kappa shape index (κ2) is 6.87. The zero-order chi connectivity index (χ0) is 13.5. The van der Waals surface area contributed by atoms with Crippen molar-refractivity contribution in [1.82, 2.24) is 5.48 Å². The summed E-state index contributed by atoms with van der Waals surface area (Å²) in [4.78, 5) is 5.32. The summed E-state index contributed by atoms with van der Waals surface area (Å²) in [7, 11) is 1.44. The lowest BCUT2D eigenvalue weighted by Gasteiger charge is -2.07. The van der Waals surface area contributed by atoms with Crippen LogP contribution in [0, 0.1) is 5.82 Å². The number of hydrogen-bond acceptors (Lipinski definition) is 3. The Balaban J connectivity index is 1.78. The van der Waals surface area contributed by atoms with Crippen LogP contribution in [0.4, 0.5) is 4.39 Å². The van der Waals surface area contributed by atoms with Gasteiger partial charge < -0.3 is 4.74 Å². The van der Waals surface area contributed by atoms with Crippen molar-refractivity contribution in [2.45, 2.75) is 13.2 Å². The average molecular weight is 261 g/mol. The molecule has 0 radical (unpaired) electrons. The van der Waals surface area contributed by atoms with Gasteiger partial charge in [-0.3, -0.25) is 4.84 Å². The normalized spacial score (nSPS) is 10.4. The topological polar surface area (TPSA) is 30.5 Å². The SMILES string of the molecule is COc1ccc(CNOCc2ccccc2)cc1F. The van der Waals surface area contributed by atoms with E-state index in [0.717, 1.165) is 11.1 Å². The zero-order valence-electron chi connectivity index (χ0n) is 10.7. The summed E-state index contributed by atoms with van der Waals surface area (Å²) >= 11 is 0. The van der Waals surface area contributed by atoms with E-state index in [-0.39, 0.29) is 11.6 Å². The highest BCUT2D eigenvalue weighted by Crippen LogP contribution is 2.17. The summed E-state index contributed by atoms with van der Waals surface area (Å²) in [5.41, 5.74) is 4.68. The van der Waals surface area contributed by atoms with Crippen LogP contribution in [0.2, 0.25) is 0 Å². The number of ether oxygens (including phenoxy) is 1. The molecule has 0 atom stereocenters. The van der Waals surface area contributed by atoms with Crippen molar-refractivity contribution in [3.05, 3.63) is 65.5 Å². The van der Waals surface area contributed by atoms with Gasteiger partial charge in [0.05, 0.1) is 13.7 Å². The van der Waals surface area contributed by atoms with E-state index in [0.29, 0.717) is 13.2 Å². The molecule has 4 heteroatoms. The third-order valence-corrected chi connectivity index (χ3v) is 2.68. The lowest BCUT2D eigenvalue weighted by atomic mass is 10.2. The fourth-order valence-electron chi connectivity index (χ4n) is 1.66. The Bertz CT molecular complexity index is 517. The molecular formula is C15H16FNO2. The number of hydrogen-bond donors (Lipinski definition) is 1. The summed E-state index contributed by atoms with van der Waals surface area (Å²) in [5.74, 6) is -0.126. The van der Waals surface area contributed by atoms with Crippen LogP contribution < -0.4 is 10.2 Å². The van der Waals surface area contributed by atoms with E-state index in [1.807, 2.05) is 30.3 Å². The van der Waals surface area contributed by atoms with Crippen molar-refractivity contribution in [1.29, 1.82) is 0 Å². The van der Waals surface area contributed by atoms with Gasteiger partial charge in [-0.2, -0.15) is 5.48 Å². The van der Waals surface area contributed by atoms with Gasteiger partial charge in [-0.1, -0.05) is 36.4 Å². The number of benzene rings is 2. The first-order valence-corrected chi connectivity index (χ1v) is 6.00. The molecular weight excluding hydrogens is 245 g/mol. The molecule has 0 amide bonds. The molecule has 0 spiro atoms. The van der Waals surface area contributed by atoms with Gasteiger partial charge >= 0.3 is 0 Å². The number of hydroxylamine groups is 1. The van der Waals surface area contributed by atoms with E-state index >= 15 is 0 Å². The highest BCUT2D eigenvalue weighted by atomic mass is 19.1. The second-order valence-corrected chi connectivity index (χ2v) is 4.06. The van der Waals surface area contributed by atoms with Gasteiger partial charge in [-0.05, 0) is 23.3 Å². The Morgan fingerprint density at radius 3 is 2.53 bits per heavy atom. The lowest BCUT2D eigenvalue weighted by Crippen LogP contribution is -2.14. The van der Waals surface area contributed by atoms with Crippen LogP contribution in [0.25, 0.3) is 0 Å². The van der Waals surface area contributed by atoms with Crippen LogP contribution in [-0.4, -0.2) is 7.11 Å². The molecule has 1 N–H and O–H groups in total. The molecule has 0 bridgehead atoms. The molecule has 0 unspecified atom stereocenters. The molecule has 0 saturated heterocycles. The second-order valence-electron chi connectivity index (χ2n) is 4.06. The van der Waals surface area contributed by atoms with E-state index in [1.54, 1.807) is 12.1 Å². The molecule has 0 aromatic heterocycles. The molecule has 3 nitrogen and oxygen atoms in total. The average Bonchev–Trinajstić information content (AvgIpc) is 2.45. The minimum absolute atomic E-state index is 0.244. The van der Waals surface area contributed by atoms with E-state index in [2.05, 4.69) is 5.48 Å². The molecule has 2 rings (SSSR count). The Hall–Kier alpha value is -1.91. The summed E-state index contributed by atoms with van der Waals surface area (Å²) in [5, 5.41) is 0. The molecule has 2 aromatic rings. The van der Waals surface area contributed by atoms with Crippen LogP contribution >= 0.6 is 0 Å². The fraction of sp³-hybridized carbons (Fsp3) is 0.200. The monoisotopic (exact) mass is 261 g/mol. The van der Waals surface area contributed by atoms with Crippen molar-refractivity contribution in [2.75, 3.05) is 7.11 Å². The lowest BCUT2D eigenvalue weighted by molar-refractivity contribution is 0.0234. The van der Waals surface area contributed by atoms with Gasteiger partial charge in [0, 0.05) is 6.54 Å². The van der Waals surface area contributed by atoms with Crippen LogP contribution in [-0.2, 0) is 18.0 Å². The van der Waals surface area contributed by atoms with Gasteiger partial charge in [0.1, 0.15) is 0 Å². The molecule has 0 heterocycles. The maximum atomic E-state index is 13.4. The van der Waals surface area contributed by atoms with Crippen LogP contribution in [0.3, 0.4) is 0 Å². The zero-order valence-corrected chi connectivity index (χ0v) is 10.7. The number of methoxy groups -OCH3 is 1. The first kappa shape index (κ1) is 13.5. The van der Waals surface area contributed by atoms with Crippen molar-refractivity contribution in [2.24, 2.45) is 0 Å². The molecule has 0 aliphatic heterocycles. The minimum Gasteiger partial charge on any atom is -0.494 e. The van der Waals surface area contributed by atoms with Gasteiger partial charge in [0.15, 0.2) is 11.6 Å². The summed E-state index contributed by atoms with van der Waals surface area (Å²) < 4.78 is 18.3. The number of halogens is 1. The number of rotatable bonds is 6. The third kappa shape index (κ3) is 4.05. The van der Waals surface area contributed by atoms with E-state index in [9.17, 15) is 4.39 Å². The Morgan fingerprint density at radius 2 is 1.84 bits per heavy atom. The van der Waals surface area contributed by atoms with Crippen molar-refractivity contribution >= 4 is 0 Å². The van der Waals surface area contributed by atoms with Gasteiger partial charge in [-0.25, -0.2) is 4.39 Å². The molecule has 0 fully saturated rings. The molecule has 2 aromatic carbocycles. The smallest absolute Gasteiger partial charge is 0.165 e. The molecule has 0 aliphatic rings. The van der Waals surface area contributed by atoms with Crippen molar-refractivity contribution < 1.29 is 14.0 Å². The standard InChI is InChI=1S/C15H16FNO2/c1-18-15-8-7-13(9-14(15)16)10-17-19-11-12-5-3-2-4-6-12/h2-9,17H,10-11H2,1H3. The van der Waals surface area contributed by atoms with Crippen LogP contribution in [0.1, 0.15) is 11.1 Å². The van der Waals surface area contributed by atoms with Gasteiger partial charge in [-0.15, -0.1) is 0 Å². The summed E-state index contributed by atoms with van der Waals surface area (Å²) in [6.45, 7) is 0.910. The van der Waals surface area contributed by atoms with E-state index < -0.39 is 0 Å². The fourth-order valence-corrected chi connectivity index (χ4v) is 1.66. The van der Waals surface area contributed by atoms with Crippen LogP contribution in [0.15, 0.2) is 48.5 Å². The quantitative estimate of drug-likeness (QED) is 0.640. The van der Waals surface area contributed by atoms with E-state index in [4.69, 9.17) is 9.57 Å². The van der Waals surface area contributed by atoms with E-state index in [1.165, 1.54) is 13.2 Å². The first-order valence-electron chi connectivity index (χ1n) is 6.00. The van der Waals surface area contributed by atoms with Crippen molar-refractivity contribution in [3.63, 3.8) is 0 Å². The van der Waals surface area contributed by atoms with Gasteiger partial charge in [0.25, 0.3) is 0 Å². The predicted molar refractivity (Wildman–Crippen MR) is 71.0 cm³/mol. The van der Waals surface area contributed by atoms with Gasteiger partial charge in [0.2, 0.25) is 0 Å². The molecule has 0 aliphatic carbocycles. The molecule has 19 heavy (non-hydrogen) atoms. The highest BCUT2D eigenvalue weighted by Gasteiger charge is 2.03. The predicted octanol–water partition coefficient (Wildman–Crippen LogP) is 3.06. The maximum absolute atomic E-state index is 13.4. The Morgan fingerprint density at radius 1 is 1.05 bits per heavy atom. The summed E-state index contributed by atoms with van der Waals surface area (Å²) in [6.07, 6.45) is 0.